The van der Waals surface area contributed by atoms with Gasteiger partial charge in [-0.05, 0) is 45.8 Å². The summed E-state index contributed by atoms with van der Waals surface area (Å²) >= 11 is 0. The number of likely N-dealkylation sites (tertiary alicyclic amines) is 1. The minimum Gasteiger partial charge on any atom is -0.490 e. The molecule has 1 N–H and O–H groups in total. The minimum atomic E-state index is -2.87. The van der Waals surface area contributed by atoms with E-state index in [4.69, 9.17) is 9.47 Å². The quantitative estimate of drug-likeness (QED) is 0.684. The van der Waals surface area contributed by atoms with E-state index in [9.17, 15) is 8.78 Å². The molecule has 0 amide bonds. The molecule has 140 valence electrons. The summed E-state index contributed by atoms with van der Waals surface area (Å²) in [6.45, 7) is 8.80. The molecular weight excluding hydrogens is 326 g/mol. The third-order valence-electron chi connectivity index (χ3n) is 4.23. The predicted molar refractivity (Wildman–Crippen MR) is 95.4 cm³/mol. The third-order valence-corrected chi connectivity index (χ3v) is 4.23. The van der Waals surface area contributed by atoms with Crippen molar-refractivity contribution in [2.24, 2.45) is 0 Å². The first-order valence-electron chi connectivity index (χ1n) is 8.79. The van der Waals surface area contributed by atoms with E-state index in [1.54, 1.807) is 18.2 Å². The Kier molecular flexibility index (Phi) is 7.65. The summed E-state index contributed by atoms with van der Waals surface area (Å²) in [4.78, 5) is 2.39. The van der Waals surface area contributed by atoms with Crippen LogP contribution in [0.25, 0.3) is 0 Å². The second-order valence-electron chi connectivity index (χ2n) is 6.44. The average Bonchev–Trinajstić information content (AvgIpc) is 2.56. The topological polar surface area (TPSA) is 33.7 Å². The second-order valence-corrected chi connectivity index (χ2v) is 6.44. The lowest BCUT2D eigenvalue weighted by Crippen LogP contribution is -2.42. The molecule has 1 aromatic carbocycles. The van der Waals surface area contributed by atoms with E-state index in [0.717, 1.165) is 32.5 Å². The van der Waals surface area contributed by atoms with Crippen molar-refractivity contribution in [2.75, 3.05) is 26.2 Å². The fourth-order valence-corrected chi connectivity index (χ4v) is 3.12. The summed E-state index contributed by atoms with van der Waals surface area (Å²) in [6.07, 6.45) is 2.06. The number of rotatable bonds is 9. The molecule has 0 atom stereocenters. The molecule has 1 aliphatic heterocycles. The normalized spacial score (nSPS) is 16.2. The second kappa shape index (κ2) is 9.73. The summed E-state index contributed by atoms with van der Waals surface area (Å²) in [5.74, 6) is 0.491. The number of alkyl halides is 2. The van der Waals surface area contributed by atoms with Gasteiger partial charge < -0.3 is 14.8 Å². The Morgan fingerprint density at radius 1 is 1.36 bits per heavy atom. The van der Waals surface area contributed by atoms with E-state index in [2.05, 4.69) is 16.8 Å². The average molecular weight is 354 g/mol. The van der Waals surface area contributed by atoms with Gasteiger partial charge in [-0.25, -0.2) is 0 Å². The maximum atomic E-state index is 12.8. The highest BCUT2D eigenvalue weighted by Crippen LogP contribution is 2.33. The van der Waals surface area contributed by atoms with Crippen molar-refractivity contribution in [1.82, 2.24) is 10.2 Å². The molecule has 0 radical (unpaired) electrons. The van der Waals surface area contributed by atoms with Crippen molar-refractivity contribution in [3.8, 4) is 11.5 Å². The maximum Gasteiger partial charge on any atom is 0.387 e. The molecule has 6 heteroatoms. The van der Waals surface area contributed by atoms with Crippen LogP contribution in [0.15, 0.2) is 30.4 Å². The molecule has 0 aromatic heterocycles. The van der Waals surface area contributed by atoms with Gasteiger partial charge in [0.15, 0.2) is 11.5 Å². The van der Waals surface area contributed by atoms with Crippen molar-refractivity contribution < 1.29 is 18.3 Å². The third kappa shape index (κ3) is 6.29. The Hall–Kier alpha value is -1.66. The van der Waals surface area contributed by atoms with Gasteiger partial charge in [-0.3, -0.25) is 4.90 Å². The Bertz CT molecular complexity index is 558. The van der Waals surface area contributed by atoms with E-state index in [1.165, 1.54) is 5.57 Å². The molecule has 1 saturated heterocycles. The van der Waals surface area contributed by atoms with Gasteiger partial charge in [-0.2, -0.15) is 8.78 Å². The molecule has 0 unspecified atom stereocenters. The number of nitrogens with zero attached hydrogens (tertiary/aromatic N) is 1. The number of para-hydroxylation sites is 1. The number of benzene rings is 1. The zero-order valence-corrected chi connectivity index (χ0v) is 15.1. The van der Waals surface area contributed by atoms with Crippen LogP contribution < -0.4 is 14.8 Å². The standard InChI is InChI=1S/C19H28F2N2O2/c1-4-24-17-7-5-6-15(18(17)25-19(20)21)12-22-16-8-10-23(11-9-16)13-14(2)3/h5-7,16,19,22H,2,4,8-13H2,1,3H3. The van der Waals surface area contributed by atoms with E-state index in [0.29, 0.717) is 30.5 Å². The Morgan fingerprint density at radius 2 is 2.08 bits per heavy atom. The molecule has 0 bridgehead atoms. The molecule has 1 fully saturated rings. The lowest BCUT2D eigenvalue weighted by Gasteiger charge is -2.32. The van der Waals surface area contributed by atoms with Crippen LogP contribution in [0.5, 0.6) is 11.5 Å². The molecule has 1 heterocycles. The Labute approximate surface area is 148 Å². The zero-order chi connectivity index (χ0) is 18.2. The van der Waals surface area contributed by atoms with Crippen LogP contribution >= 0.6 is 0 Å². The fourth-order valence-electron chi connectivity index (χ4n) is 3.12. The summed E-state index contributed by atoms with van der Waals surface area (Å²) in [5, 5.41) is 3.47. The molecule has 4 nitrogen and oxygen atoms in total. The van der Waals surface area contributed by atoms with Gasteiger partial charge in [0, 0.05) is 24.7 Å². The Balaban J connectivity index is 1.94. The van der Waals surface area contributed by atoms with Crippen molar-refractivity contribution in [2.45, 2.75) is 45.9 Å². The predicted octanol–water partition coefficient (Wildman–Crippen LogP) is 3.82. The molecule has 2 rings (SSSR count). The molecular formula is C19H28F2N2O2. The van der Waals surface area contributed by atoms with Gasteiger partial charge in [0.1, 0.15) is 0 Å². The Morgan fingerprint density at radius 3 is 2.68 bits per heavy atom. The maximum absolute atomic E-state index is 12.8. The summed E-state index contributed by atoms with van der Waals surface area (Å²) in [6, 6.07) is 5.62. The molecule has 0 spiro atoms. The van der Waals surface area contributed by atoms with Gasteiger partial charge >= 0.3 is 6.61 Å². The van der Waals surface area contributed by atoms with Crippen molar-refractivity contribution in [3.63, 3.8) is 0 Å². The number of ether oxygens (including phenoxy) is 2. The lowest BCUT2D eigenvalue weighted by molar-refractivity contribution is -0.0521. The minimum absolute atomic E-state index is 0.131. The number of halogens is 2. The van der Waals surface area contributed by atoms with Crippen LogP contribution in [0.4, 0.5) is 8.78 Å². The lowest BCUT2D eigenvalue weighted by atomic mass is 10.0. The van der Waals surface area contributed by atoms with Gasteiger partial charge in [0.25, 0.3) is 0 Å². The van der Waals surface area contributed by atoms with Crippen molar-refractivity contribution >= 4 is 0 Å². The summed E-state index contributed by atoms with van der Waals surface area (Å²) in [5.41, 5.74) is 1.86. The molecule has 25 heavy (non-hydrogen) atoms. The smallest absolute Gasteiger partial charge is 0.387 e. The van der Waals surface area contributed by atoms with Gasteiger partial charge in [-0.15, -0.1) is 0 Å². The first kappa shape index (κ1) is 19.7. The monoisotopic (exact) mass is 354 g/mol. The largest absolute Gasteiger partial charge is 0.490 e. The van der Waals surface area contributed by atoms with E-state index >= 15 is 0 Å². The van der Waals surface area contributed by atoms with E-state index in [-0.39, 0.29) is 5.75 Å². The van der Waals surface area contributed by atoms with Crippen molar-refractivity contribution in [1.29, 1.82) is 0 Å². The number of hydrogen-bond acceptors (Lipinski definition) is 4. The van der Waals surface area contributed by atoms with Crippen molar-refractivity contribution in [3.05, 3.63) is 35.9 Å². The fraction of sp³-hybridized carbons (Fsp3) is 0.579. The van der Waals surface area contributed by atoms with Gasteiger partial charge in [-0.1, -0.05) is 24.3 Å². The molecule has 1 aromatic rings. The van der Waals surface area contributed by atoms with E-state index in [1.807, 2.05) is 13.8 Å². The first-order chi connectivity index (χ1) is 12.0. The zero-order valence-electron chi connectivity index (χ0n) is 15.1. The van der Waals surface area contributed by atoms with Crippen LogP contribution in [0.1, 0.15) is 32.3 Å². The number of hydrogen-bond donors (Lipinski definition) is 1. The first-order valence-corrected chi connectivity index (χ1v) is 8.79. The van der Waals surface area contributed by atoms with Crippen LogP contribution in [0, 0.1) is 0 Å². The van der Waals surface area contributed by atoms with Crippen LogP contribution in [0.3, 0.4) is 0 Å². The number of piperidine rings is 1. The summed E-state index contributed by atoms with van der Waals surface area (Å²) in [7, 11) is 0. The highest BCUT2D eigenvalue weighted by molar-refractivity contribution is 5.46. The summed E-state index contributed by atoms with van der Waals surface area (Å²) < 4.78 is 35.6. The number of nitrogens with one attached hydrogen (secondary N) is 1. The highest BCUT2D eigenvalue weighted by Gasteiger charge is 2.20. The SMILES string of the molecule is C=C(C)CN1CCC(NCc2cccc(OCC)c2OC(F)F)CC1. The van der Waals surface area contributed by atoms with Gasteiger partial charge in [0.2, 0.25) is 0 Å². The van der Waals surface area contributed by atoms with Crippen LogP contribution in [0.2, 0.25) is 0 Å². The van der Waals surface area contributed by atoms with Crippen LogP contribution in [-0.2, 0) is 6.54 Å². The molecule has 0 saturated carbocycles. The molecule has 1 aliphatic rings. The highest BCUT2D eigenvalue weighted by atomic mass is 19.3. The van der Waals surface area contributed by atoms with Crippen LogP contribution in [-0.4, -0.2) is 43.8 Å². The van der Waals surface area contributed by atoms with Gasteiger partial charge in [0.05, 0.1) is 6.61 Å². The molecule has 0 aliphatic carbocycles. The van der Waals surface area contributed by atoms with E-state index < -0.39 is 6.61 Å².